The second-order valence-electron chi connectivity index (χ2n) is 5.54. The lowest BCUT2D eigenvalue weighted by Gasteiger charge is -2.22. The molecule has 3 rings (SSSR count). The van der Waals surface area contributed by atoms with Crippen LogP contribution in [0.25, 0.3) is 10.9 Å². The summed E-state index contributed by atoms with van der Waals surface area (Å²) in [4.78, 5) is 4.73. The van der Waals surface area contributed by atoms with Crippen LogP contribution in [0.2, 0.25) is 0 Å². The molecule has 0 bridgehead atoms. The zero-order chi connectivity index (χ0) is 14.1. The van der Waals surface area contributed by atoms with Crippen molar-refractivity contribution in [1.82, 2.24) is 4.98 Å². The van der Waals surface area contributed by atoms with Crippen molar-refractivity contribution in [1.29, 1.82) is 0 Å². The minimum atomic E-state index is 0.270. The summed E-state index contributed by atoms with van der Waals surface area (Å²) in [6.07, 6.45) is 2.33. The van der Waals surface area contributed by atoms with Gasteiger partial charge in [-0.2, -0.15) is 0 Å². The van der Waals surface area contributed by atoms with Crippen molar-refractivity contribution in [3.05, 3.63) is 35.5 Å². The van der Waals surface area contributed by atoms with Crippen LogP contribution in [-0.2, 0) is 11.2 Å². The number of rotatable bonds is 3. The van der Waals surface area contributed by atoms with Crippen LogP contribution < -0.4 is 5.32 Å². The van der Waals surface area contributed by atoms with Crippen molar-refractivity contribution in [2.45, 2.75) is 45.8 Å². The summed E-state index contributed by atoms with van der Waals surface area (Å²) in [5.74, 6) is 0. The molecule has 2 aromatic rings. The van der Waals surface area contributed by atoms with Crippen molar-refractivity contribution >= 4 is 16.6 Å². The molecule has 1 aromatic carbocycles. The molecule has 1 aliphatic rings. The van der Waals surface area contributed by atoms with E-state index in [0.29, 0.717) is 6.04 Å². The number of para-hydroxylation sites is 1. The van der Waals surface area contributed by atoms with E-state index >= 15 is 0 Å². The van der Waals surface area contributed by atoms with Crippen LogP contribution in [0.5, 0.6) is 0 Å². The van der Waals surface area contributed by atoms with E-state index in [1.54, 1.807) is 0 Å². The number of aromatic nitrogens is 1. The van der Waals surface area contributed by atoms with Crippen LogP contribution in [0.4, 0.5) is 5.69 Å². The van der Waals surface area contributed by atoms with Gasteiger partial charge in [-0.3, -0.25) is 4.98 Å². The average molecular weight is 270 g/mol. The largest absolute Gasteiger partial charge is 0.379 e. The molecule has 0 spiro atoms. The zero-order valence-electron chi connectivity index (χ0n) is 12.4. The van der Waals surface area contributed by atoms with Gasteiger partial charge >= 0.3 is 0 Å². The fourth-order valence-corrected chi connectivity index (χ4v) is 3.08. The monoisotopic (exact) mass is 270 g/mol. The minimum Gasteiger partial charge on any atom is -0.379 e. The third kappa shape index (κ3) is 2.27. The number of benzene rings is 1. The van der Waals surface area contributed by atoms with E-state index in [2.05, 4.69) is 44.3 Å². The van der Waals surface area contributed by atoms with Crippen LogP contribution in [0.3, 0.4) is 0 Å². The SMILES string of the molecule is CCc1c(C)nc2ccccc2c1NC1CCOC1C. The number of aryl methyl sites for hydroxylation is 1. The molecular formula is C17H22N2O. The number of nitrogens with one attached hydrogen (secondary N) is 1. The van der Waals surface area contributed by atoms with E-state index in [4.69, 9.17) is 9.72 Å². The predicted molar refractivity (Wildman–Crippen MR) is 83.3 cm³/mol. The summed E-state index contributed by atoms with van der Waals surface area (Å²) in [5.41, 5.74) is 4.76. The van der Waals surface area contributed by atoms with Crippen LogP contribution >= 0.6 is 0 Å². The van der Waals surface area contributed by atoms with E-state index in [-0.39, 0.29) is 6.10 Å². The van der Waals surface area contributed by atoms with E-state index in [1.807, 2.05) is 6.07 Å². The maximum absolute atomic E-state index is 5.68. The van der Waals surface area contributed by atoms with Gasteiger partial charge in [0.1, 0.15) is 0 Å². The predicted octanol–water partition coefficient (Wildman–Crippen LogP) is 3.69. The first-order valence-corrected chi connectivity index (χ1v) is 7.47. The Morgan fingerprint density at radius 3 is 2.85 bits per heavy atom. The Hall–Kier alpha value is -1.61. The van der Waals surface area contributed by atoms with Crippen LogP contribution in [-0.4, -0.2) is 23.7 Å². The Morgan fingerprint density at radius 1 is 1.35 bits per heavy atom. The zero-order valence-corrected chi connectivity index (χ0v) is 12.4. The molecule has 2 atom stereocenters. The molecule has 3 heteroatoms. The van der Waals surface area contributed by atoms with Gasteiger partial charge in [0.15, 0.2) is 0 Å². The van der Waals surface area contributed by atoms with Crippen LogP contribution in [0.15, 0.2) is 24.3 Å². The Bertz CT molecular complexity index is 624. The van der Waals surface area contributed by atoms with E-state index in [0.717, 1.165) is 30.7 Å². The van der Waals surface area contributed by atoms with Crippen LogP contribution in [0, 0.1) is 6.92 Å². The van der Waals surface area contributed by atoms with Crippen molar-refractivity contribution in [2.75, 3.05) is 11.9 Å². The van der Waals surface area contributed by atoms with Crippen molar-refractivity contribution in [3.63, 3.8) is 0 Å². The Kier molecular flexibility index (Phi) is 3.62. The summed E-state index contributed by atoms with van der Waals surface area (Å²) < 4.78 is 5.68. The standard InChI is InChI=1S/C17H22N2O/c1-4-13-11(2)18-16-8-6-5-7-14(16)17(13)19-15-9-10-20-12(15)3/h5-8,12,15H,4,9-10H2,1-3H3,(H,18,19). The molecule has 0 radical (unpaired) electrons. The molecule has 1 aliphatic heterocycles. The third-order valence-electron chi connectivity index (χ3n) is 4.26. The second-order valence-corrected chi connectivity index (χ2v) is 5.54. The molecule has 2 heterocycles. The Balaban J connectivity index is 2.10. The first kappa shape index (κ1) is 13.4. The summed E-state index contributed by atoms with van der Waals surface area (Å²) in [6, 6.07) is 8.76. The highest BCUT2D eigenvalue weighted by atomic mass is 16.5. The molecule has 1 aromatic heterocycles. The molecule has 1 N–H and O–H groups in total. The highest BCUT2D eigenvalue weighted by Crippen LogP contribution is 2.31. The summed E-state index contributed by atoms with van der Waals surface area (Å²) >= 11 is 0. The van der Waals surface area contributed by atoms with Gasteiger partial charge in [0.05, 0.1) is 17.7 Å². The van der Waals surface area contributed by atoms with Gasteiger partial charge < -0.3 is 10.1 Å². The van der Waals surface area contributed by atoms with E-state index in [1.165, 1.54) is 16.6 Å². The van der Waals surface area contributed by atoms with Gasteiger partial charge in [-0.15, -0.1) is 0 Å². The second kappa shape index (κ2) is 5.41. The molecule has 1 saturated heterocycles. The number of hydrogen-bond acceptors (Lipinski definition) is 3. The fourth-order valence-electron chi connectivity index (χ4n) is 3.08. The molecule has 3 nitrogen and oxygen atoms in total. The number of nitrogens with zero attached hydrogens (tertiary/aromatic N) is 1. The topological polar surface area (TPSA) is 34.2 Å². The first-order chi connectivity index (χ1) is 9.70. The lowest BCUT2D eigenvalue weighted by atomic mass is 10.0. The molecule has 0 amide bonds. The minimum absolute atomic E-state index is 0.270. The summed E-state index contributed by atoms with van der Waals surface area (Å²) in [7, 11) is 0. The normalized spacial score (nSPS) is 22.4. The molecule has 2 unspecified atom stereocenters. The molecule has 106 valence electrons. The lowest BCUT2D eigenvalue weighted by Crippen LogP contribution is -2.27. The molecule has 20 heavy (non-hydrogen) atoms. The number of ether oxygens (including phenoxy) is 1. The molecule has 0 aliphatic carbocycles. The van der Waals surface area contributed by atoms with Crippen molar-refractivity contribution in [2.24, 2.45) is 0 Å². The molecule has 0 saturated carbocycles. The molecular weight excluding hydrogens is 248 g/mol. The lowest BCUT2D eigenvalue weighted by molar-refractivity contribution is 0.121. The van der Waals surface area contributed by atoms with E-state index in [9.17, 15) is 0 Å². The first-order valence-electron chi connectivity index (χ1n) is 7.47. The van der Waals surface area contributed by atoms with Crippen molar-refractivity contribution < 1.29 is 4.74 Å². The van der Waals surface area contributed by atoms with Gasteiger partial charge in [-0.05, 0) is 38.3 Å². The third-order valence-corrected chi connectivity index (χ3v) is 4.26. The highest BCUT2D eigenvalue weighted by molar-refractivity contribution is 5.93. The van der Waals surface area contributed by atoms with Gasteiger partial charge in [0.25, 0.3) is 0 Å². The summed E-state index contributed by atoms with van der Waals surface area (Å²) in [5, 5.41) is 4.95. The fraction of sp³-hybridized carbons (Fsp3) is 0.471. The maximum atomic E-state index is 5.68. The van der Waals surface area contributed by atoms with Gasteiger partial charge in [0, 0.05) is 23.4 Å². The van der Waals surface area contributed by atoms with Gasteiger partial charge in [-0.1, -0.05) is 25.1 Å². The number of hydrogen-bond donors (Lipinski definition) is 1. The number of pyridine rings is 1. The smallest absolute Gasteiger partial charge is 0.0748 e. The number of fused-ring (bicyclic) bond motifs is 1. The van der Waals surface area contributed by atoms with Gasteiger partial charge in [0.2, 0.25) is 0 Å². The Labute approximate surface area is 120 Å². The maximum Gasteiger partial charge on any atom is 0.0748 e. The quantitative estimate of drug-likeness (QED) is 0.923. The Morgan fingerprint density at radius 2 is 2.15 bits per heavy atom. The van der Waals surface area contributed by atoms with Gasteiger partial charge in [-0.25, -0.2) is 0 Å². The van der Waals surface area contributed by atoms with Crippen LogP contribution in [0.1, 0.15) is 31.5 Å². The van der Waals surface area contributed by atoms with E-state index < -0.39 is 0 Å². The van der Waals surface area contributed by atoms with Crippen molar-refractivity contribution in [3.8, 4) is 0 Å². The summed E-state index contributed by atoms with van der Waals surface area (Å²) in [6.45, 7) is 7.29. The average Bonchev–Trinajstić information content (AvgIpc) is 2.84. The highest BCUT2D eigenvalue weighted by Gasteiger charge is 2.25. The number of anilines is 1. The molecule has 1 fully saturated rings.